The molecular formula is C8H6BrClNO4P. The first-order valence-electron chi connectivity index (χ1n) is 4.09. The average Bonchev–Trinajstić information content (AvgIpc) is 2.51. The highest BCUT2D eigenvalue weighted by Crippen LogP contribution is 2.46. The molecule has 0 bridgehead atoms. The summed E-state index contributed by atoms with van der Waals surface area (Å²) in [6.45, 7) is 0. The number of aromatic nitrogens is 1. The minimum Gasteiger partial charge on any atom is -0.402 e. The van der Waals surface area contributed by atoms with E-state index in [2.05, 4.69) is 25.4 Å². The molecule has 2 aromatic rings. The van der Waals surface area contributed by atoms with Crippen molar-refractivity contribution in [3.8, 4) is 5.75 Å². The number of benzene rings is 1. The van der Waals surface area contributed by atoms with Crippen molar-refractivity contribution in [1.29, 1.82) is 0 Å². The summed E-state index contributed by atoms with van der Waals surface area (Å²) in [5, 5.41) is 0.763. The van der Waals surface area contributed by atoms with Crippen molar-refractivity contribution in [3.63, 3.8) is 0 Å². The van der Waals surface area contributed by atoms with Crippen LogP contribution in [0.2, 0.25) is 5.02 Å². The molecule has 16 heavy (non-hydrogen) atoms. The Morgan fingerprint density at radius 3 is 2.75 bits per heavy atom. The molecule has 0 aliphatic carbocycles. The Hall–Kier alpha value is -0.520. The number of H-pyrrole nitrogens is 1. The molecule has 0 amide bonds. The molecule has 0 spiro atoms. The third-order valence-corrected chi connectivity index (χ3v) is 3.26. The van der Waals surface area contributed by atoms with Crippen molar-refractivity contribution in [2.24, 2.45) is 0 Å². The topological polar surface area (TPSA) is 82.6 Å². The van der Waals surface area contributed by atoms with Gasteiger partial charge in [-0.1, -0.05) is 11.6 Å². The molecule has 2 rings (SSSR count). The van der Waals surface area contributed by atoms with Gasteiger partial charge in [-0.15, -0.1) is 0 Å². The van der Waals surface area contributed by atoms with Crippen LogP contribution in [0.1, 0.15) is 0 Å². The number of phosphoric ester groups is 1. The van der Waals surface area contributed by atoms with Crippen molar-refractivity contribution in [2.45, 2.75) is 0 Å². The maximum atomic E-state index is 10.8. The summed E-state index contributed by atoms with van der Waals surface area (Å²) >= 11 is 9.04. The van der Waals surface area contributed by atoms with E-state index >= 15 is 0 Å². The first kappa shape index (κ1) is 12.0. The highest BCUT2D eigenvalue weighted by molar-refractivity contribution is 9.10. The Morgan fingerprint density at radius 2 is 2.12 bits per heavy atom. The van der Waals surface area contributed by atoms with Gasteiger partial charge in [-0.05, 0) is 28.1 Å². The van der Waals surface area contributed by atoms with Gasteiger partial charge in [-0.3, -0.25) is 9.79 Å². The number of aromatic amines is 1. The summed E-state index contributed by atoms with van der Waals surface area (Å²) in [6, 6.07) is 3.33. The molecule has 1 aromatic heterocycles. The number of rotatable bonds is 2. The Bertz CT molecular complexity index is 593. The van der Waals surface area contributed by atoms with Gasteiger partial charge in [0, 0.05) is 6.20 Å². The van der Waals surface area contributed by atoms with E-state index in [-0.39, 0.29) is 5.75 Å². The molecule has 3 N–H and O–H groups in total. The third kappa shape index (κ3) is 2.26. The maximum Gasteiger partial charge on any atom is 0.524 e. The standard InChI is InChI=1S/C8H6BrClNO4P/c9-4-1-2-6-7(5(10)3-11-6)8(4)15-16(12,13)14/h1-3,11H,(H2,12,13,14). The summed E-state index contributed by atoms with van der Waals surface area (Å²) in [5.41, 5.74) is 0.636. The van der Waals surface area contributed by atoms with Gasteiger partial charge >= 0.3 is 7.82 Å². The van der Waals surface area contributed by atoms with E-state index in [1.165, 1.54) is 6.20 Å². The summed E-state index contributed by atoms with van der Waals surface area (Å²) in [4.78, 5) is 20.5. The molecule has 0 atom stereocenters. The van der Waals surface area contributed by atoms with Crippen LogP contribution in [0.3, 0.4) is 0 Å². The predicted octanol–water partition coefficient (Wildman–Crippen LogP) is 3.06. The second kappa shape index (κ2) is 4.05. The lowest BCUT2D eigenvalue weighted by Gasteiger charge is -2.10. The number of hydrogen-bond acceptors (Lipinski definition) is 2. The molecule has 0 fully saturated rings. The van der Waals surface area contributed by atoms with Crippen molar-refractivity contribution >= 4 is 46.3 Å². The summed E-state index contributed by atoms with van der Waals surface area (Å²) < 4.78 is 15.8. The fourth-order valence-electron chi connectivity index (χ4n) is 1.34. The molecule has 5 nitrogen and oxygen atoms in total. The van der Waals surface area contributed by atoms with Gasteiger partial charge in [0.2, 0.25) is 0 Å². The highest BCUT2D eigenvalue weighted by Gasteiger charge is 2.21. The van der Waals surface area contributed by atoms with E-state index in [1.807, 2.05) is 0 Å². The maximum absolute atomic E-state index is 10.8. The lowest BCUT2D eigenvalue weighted by Crippen LogP contribution is -1.91. The zero-order valence-electron chi connectivity index (χ0n) is 7.65. The van der Waals surface area contributed by atoms with E-state index in [4.69, 9.17) is 21.4 Å². The van der Waals surface area contributed by atoms with Gasteiger partial charge in [0.05, 0.1) is 20.4 Å². The summed E-state index contributed by atoms with van der Waals surface area (Å²) in [5.74, 6) is 0.0251. The third-order valence-electron chi connectivity index (χ3n) is 1.91. The molecule has 0 unspecified atom stereocenters. The van der Waals surface area contributed by atoms with Gasteiger partial charge < -0.3 is 9.51 Å². The number of nitrogens with one attached hydrogen (secondary N) is 1. The largest absolute Gasteiger partial charge is 0.524 e. The minimum atomic E-state index is -4.62. The lowest BCUT2D eigenvalue weighted by molar-refractivity contribution is 0.284. The zero-order chi connectivity index (χ0) is 11.9. The zero-order valence-corrected chi connectivity index (χ0v) is 10.9. The SMILES string of the molecule is O=P(O)(O)Oc1c(Br)ccc2[nH]cc(Cl)c12. The van der Waals surface area contributed by atoms with Crippen LogP contribution >= 0.6 is 35.4 Å². The van der Waals surface area contributed by atoms with Crippen LogP contribution in [0.25, 0.3) is 10.9 Å². The van der Waals surface area contributed by atoms with Gasteiger partial charge in [0.15, 0.2) is 5.75 Å². The van der Waals surface area contributed by atoms with Gasteiger partial charge in [-0.25, -0.2) is 4.57 Å². The van der Waals surface area contributed by atoms with Crippen molar-refractivity contribution in [2.75, 3.05) is 0 Å². The van der Waals surface area contributed by atoms with E-state index < -0.39 is 7.82 Å². The molecular weight excluding hydrogens is 320 g/mol. The Balaban J connectivity index is 2.70. The second-order valence-electron chi connectivity index (χ2n) is 3.02. The fraction of sp³-hybridized carbons (Fsp3) is 0. The van der Waals surface area contributed by atoms with Gasteiger partial charge in [0.1, 0.15) is 0 Å². The Labute approximate surface area is 104 Å². The number of hydrogen-bond donors (Lipinski definition) is 3. The second-order valence-corrected chi connectivity index (χ2v) is 5.44. The van der Waals surface area contributed by atoms with Crippen LogP contribution < -0.4 is 4.52 Å². The molecule has 0 saturated carbocycles. The smallest absolute Gasteiger partial charge is 0.402 e. The molecule has 8 heteroatoms. The van der Waals surface area contributed by atoms with Crippen molar-refractivity contribution in [3.05, 3.63) is 27.8 Å². The minimum absolute atomic E-state index is 0.0251. The number of fused-ring (bicyclic) bond motifs is 1. The van der Waals surface area contributed by atoms with Crippen LogP contribution in [0.5, 0.6) is 5.75 Å². The average molecular weight is 326 g/mol. The summed E-state index contributed by atoms with van der Waals surface area (Å²) in [7, 11) is -4.62. The predicted molar refractivity (Wildman–Crippen MR) is 63.7 cm³/mol. The van der Waals surface area contributed by atoms with Crippen LogP contribution in [0.4, 0.5) is 0 Å². The monoisotopic (exact) mass is 325 g/mol. The molecule has 0 radical (unpaired) electrons. The highest BCUT2D eigenvalue weighted by atomic mass is 79.9. The van der Waals surface area contributed by atoms with E-state index in [9.17, 15) is 4.57 Å². The molecule has 86 valence electrons. The normalized spacial score (nSPS) is 12.0. The van der Waals surface area contributed by atoms with Crippen LogP contribution in [0.15, 0.2) is 22.8 Å². The first-order chi connectivity index (χ1) is 7.38. The van der Waals surface area contributed by atoms with E-state index in [0.717, 1.165) is 0 Å². The van der Waals surface area contributed by atoms with Gasteiger partial charge in [0.25, 0.3) is 0 Å². The van der Waals surface area contributed by atoms with Crippen LogP contribution in [-0.4, -0.2) is 14.8 Å². The molecule has 0 aliphatic rings. The van der Waals surface area contributed by atoms with Gasteiger partial charge in [-0.2, -0.15) is 0 Å². The number of halogens is 2. The lowest BCUT2D eigenvalue weighted by atomic mass is 10.2. The summed E-state index contributed by atoms with van der Waals surface area (Å²) in [6.07, 6.45) is 1.52. The molecule has 0 aliphatic heterocycles. The van der Waals surface area contributed by atoms with E-state index in [0.29, 0.717) is 20.4 Å². The molecule has 0 saturated heterocycles. The van der Waals surface area contributed by atoms with Crippen LogP contribution in [-0.2, 0) is 4.57 Å². The Morgan fingerprint density at radius 1 is 1.44 bits per heavy atom. The fourth-order valence-corrected chi connectivity index (χ4v) is 2.54. The van der Waals surface area contributed by atoms with Crippen molar-refractivity contribution in [1.82, 2.24) is 4.98 Å². The number of phosphoric acid groups is 1. The quantitative estimate of drug-likeness (QED) is 0.741. The molecule has 1 heterocycles. The Kier molecular flexibility index (Phi) is 3.03. The van der Waals surface area contributed by atoms with Crippen molar-refractivity contribution < 1.29 is 18.9 Å². The van der Waals surface area contributed by atoms with Crippen LogP contribution in [0, 0.1) is 0 Å². The molecule has 1 aromatic carbocycles. The first-order valence-corrected chi connectivity index (χ1v) is 6.79. The van der Waals surface area contributed by atoms with E-state index in [1.54, 1.807) is 12.1 Å².